The molecular weight excluding hydrogens is 228 g/mol. The van der Waals surface area contributed by atoms with Gasteiger partial charge in [-0.25, -0.2) is 10.4 Å². The maximum atomic E-state index is 12.2. The maximum Gasteiger partial charge on any atom is 0.275 e. The smallest absolute Gasteiger partial charge is 0.267 e. The molecule has 0 fully saturated rings. The summed E-state index contributed by atoms with van der Waals surface area (Å²) in [6, 6.07) is 11.0. The van der Waals surface area contributed by atoms with Gasteiger partial charge in [0.25, 0.3) is 11.8 Å². The molecule has 0 bridgehead atoms. The minimum atomic E-state index is -0.286. The highest BCUT2D eigenvalue weighted by Gasteiger charge is 2.32. The molecule has 0 aromatic heterocycles. The summed E-state index contributed by atoms with van der Waals surface area (Å²) >= 11 is 0. The summed E-state index contributed by atoms with van der Waals surface area (Å²) in [7, 11) is 0. The van der Waals surface area contributed by atoms with Crippen LogP contribution >= 0.6 is 0 Å². The molecule has 0 saturated heterocycles. The van der Waals surface area contributed by atoms with E-state index in [0.717, 1.165) is 15.8 Å². The number of nitrogens with one attached hydrogen (secondary N) is 1. The second kappa shape index (κ2) is 3.92. The zero-order valence-electron chi connectivity index (χ0n) is 9.93. The largest absolute Gasteiger partial charge is 0.275 e. The molecule has 2 amide bonds. The van der Waals surface area contributed by atoms with Crippen LogP contribution in [-0.4, -0.2) is 23.4 Å². The van der Waals surface area contributed by atoms with E-state index in [2.05, 4.69) is 5.43 Å². The molecule has 1 aliphatic rings. The lowest BCUT2D eigenvalue weighted by molar-refractivity contribution is 0.0525. The van der Waals surface area contributed by atoms with Gasteiger partial charge in [-0.05, 0) is 17.5 Å². The first kappa shape index (κ1) is 10.9. The molecule has 1 N–H and O–H groups in total. The maximum absolute atomic E-state index is 12.2. The fraction of sp³-hybridized carbons (Fsp3) is 0.143. The number of amides is 2. The third-order valence-corrected chi connectivity index (χ3v) is 3.09. The molecule has 2 aromatic rings. The second-order valence-corrected chi connectivity index (χ2v) is 4.17. The number of carbonyl (C=O) groups is 2. The van der Waals surface area contributed by atoms with Crippen LogP contribution in [0.4, 0.5) is 0 Å². The number of hydrogen-bond donors (Lipinski definition) is 1. The van der Waals surface area contributed by atoms with Gasteiger partial charge in [0, 0.05) is 11.9 Å². The van der Waals surface area contributed by atoms with Crippen LogP contribution in [0, 0.1) is 0 Å². The van der Waals surface area contributed by atoms with Crippen molar-refractivity contribution >= 4 is 22.6 Å². The fourth-order valence-corrected chi connectivity index (χ4v) is 2.33. The predicted molar refractivity (Wildman–Crippen MR) is 68.1 cm³/mol. The Kier molecular flexibility index (Phi) is 2.38. The first-order valence-electron chi connectivity index (χ1n) is 5.88. The summed E-state index contributed by atoms with van der Waals surface area (Å²) in [5.74, 6) is -0.572. The molecule has 18 heavy (non-hydrogen) atoms. The number of hydrazine groups is 1. The molecule has 0 spiro atoms. The van der Waals surface area contributed by atoms with E-state index in [1.807, 2.05) is 31.2 Å². The Morgan fingerprint density at radius 1 is 1.00 bits per heavy atom. The van der Waals surface area contributed by atoms with Crippen molar-refractivity contribution in [1.29, 1.82) is 0 Å². The van der Waals surface area contributed by atoms with Gasteiger partial charge >= 0.3 is 0 Å². The molecule has 1 heterocycles. The van der Waals surface area contributed by atoms with Gasteiger partial charge in [0.2, 0.25) is 0 Å². The van der Waals surface area contributed by atoms with Crippen molar-refractivity contribution < 1.29 is 9.59 Å². The van der Waals surface area contributed by atoms with Crippen LogP contribution in [0.15, 0.2) is 36.4 Å². The summed E-state index contributed by atoms with van der Waals surface area (Å²) in [5.41, 5.74) is 3.95. The Balaban J connectivity index is 2.32. The van der Waals surface area contributed by atoms with Crippen molar-refractivity contribution in [3.05, 3.63) is 47.5 Å². The van der Waals surface area contributed by atoms with Crippen LogP contribution in [0.2, 0.25) is 0 Å². The molecule has 3 rings (SSSR count). The van der Waals surface area contributed by atoms with Gasteiger partial charge in [0.15, 0.2) is 0 Å². The van der Waals surface area contributed by atoms with E-state index in [1.165, 1.54) is 0 Å². The normalized spacial score (nSPS) is 14.4. The first-order chi connectivity index (χ1) is 8.74. The van der Waals surface area contributed by atoms with Gasteiger partial charge in [-0.3, -0.25) is 9.59 Å². The van der Waals surface area contributed by atoms with Crippen molar-refractivity contribution in [2.75, 3.05) is 6.54 Å². The van der Waals surface area contributed by atoms with Crippen LogP contribution in [0.25, 0.3) is 10.8 Å². The molecule has 0 atom stereocenters. The van der Waals surface area contributed by atoms with Crippen molar-refractivity contribution in [3.8, 4) is 0 Å². The summed E-state index contributed by atoms with van der Waals surface area (Å²) in [5, 5.41) is 2.77. The molecule has 1 aliphatic heterocycles. The molecule has 0 unspecified atom stereocenters. The number of benzene rings is 2. The van der Waals surface area contributed by atoms with E-state index in [1.54, 1.807) is 12.1 Å². The lowest BCUT2D eigenvalue weighted by Crippen LogP contribution is -2.49. The van der Waals surface area contributed by atoms with E-state index in [0.29, 0.717) is 17.7 Å². The van der Waals surface area contributed by atoms with Crippen molar-refractivity contribution in [2.24, 2.45) is 0 Å². The number of hydrogen-bond acceptors (Lipinski definition) is 3. The number of carbonyl (C=O) groups excluding carboxylic acids is 2. The average Bonchev–Trinajstić information content (AvgIpc) is 2.40. The molecule has 0 aliphatic carbocycles. The van der Waals surface area contributed by atoms with E-state index in [4.69, 9.17) is 0 Å². The van der Waals surface area contributed by atoms with Crippen molar-refractivity contribution in [2.45, 2.75) is 6.92 Å². The van der Waals surface area contributed by atoms with Crippen molar-refractivity contribution in [3.63, 3.8) is 0 Å². The molecule has 0 radical (unpaired) electrons. The predicted octanol–water partition coefficient (Wildman–Crippen LogP) is 1.96. The topological polar surface area (TPSA) is 49.4 Å². The number of rotatable bonds is 2. The van der Waals surface area contributed by atoms with Gasteiger partial charge in [0.1, 0.15) is 0 Å². The summed E-state index contributed by atoms with van der Waals surface area (Å²) < 4.78 is 0. The summed E-state index contributed by atoms with van der Waals surface area (Å²) in [4.78, 5) is 24.5. The second-order valence-electron chi connectivity index (χ2n) is 4.17. The average molecular weight is 240 g/mol. The standard InChI is InChI=1S/C14H12N2O2/c1-2-15-16-13(17)10-7-3-5-9-6-4-8-11(12(9)10)14(16)18/h3-8,15H,2H2,1H3. The van der Waals surface area contributed by atoms with Crippen LogP contribution in [0.3, 0.4) is 0 Å². The minimum Gasteiger partial charge on any atom is -0.267 e. The van der Waals surface area contributed by atoms with Crippen LogP contribution in [0.5, 0.6) is 0 Å². The highest BCUT2D eigenvalue weighted by atomic mass is 16.2. The third-order valence-electron chi connectivity index (χ3n) is 3.09. The number of imide groups is 1. The van der Waals surface area contributed by atoms with Gasteiger partial charge in [-0.1, -0.05) is 31.2 Å². The highest BCUT2D eigenvalue weighted by Crippen LogP contribution is 2.28. The van der Waals surface area contributed by atoms with Gasteiger partial charge in [0.05, 0.1) is 11.1 Å². The summed E-state index contributed by atoms with van der Waals surface area (Å²) in [6.07, 6.45) is 0. The third kappa shape index (κ3) is 1.36. The van der Waals surface area contributed by atoms with Gasteiger partial charge < -0.3 is 0 Å². The lowest BCUT2D eigenvalue weighted by Gasteiger charge is -2.26. The molecular formula is C14H12N2O2. The van der Waals surface area contributed by atoms with E-state index in [-0.39, 0.29) is 11.8 Å². The Morgan fingerprint density at radius 2 is 1.56 bits per heavy atom. The van der Waals surface area contributed by atoms with Gasteiger partial charge in [-0.2, -0.15) is 0 Å². The number of nitrogens with zero attached hydrogens (tertiary/aromatic N) is 1. The fourth-order valence-electron chi connectivity index (χ4n) is 2.33. The quantitative estimate of drug-likeness (QED) is 0.816. The monoisotopic (exact) mass is 240 g/mol. The SMILES string of the molecule is CCNN1C(=O)c2cccc3cccc(c23)C1=O. The first-order valence-corrected chi connectivity index (χ1v) is 5.88. The molecule has 2 aromatic carbocycles. The molecule has 90 valence electrons. The Hall–Kier alpha value is -2.20. The highest BCUT2D eigenvalue weighted by molar-refractivity contribution is 6.25. The molecule has 0 saturated carbocycles. The minimum absolute atomic E-state index is 0.286. The Labute approximate surface area is 104 Å². The Morgan fingerprint density at radius 3 is 2.06 bits per heavy atom. The van der Waals surface area contributed by atoms with Crippen LogP contribution in [0.1, 0.15) is 27.6 Å². The Bertz CT molecular complexity index is 613. The molecule has 4 heteroatoms. The lowest BCUT2D eigenvalue weighted by atomic mass is 9.95. The molecule has 4 nitrogen and oxygen atoms in total. The van der Waals surface area contributed by atoms with E-state index < -0.39 is 0 Å². The summed E-state index contributed by atoms with van der Waals surface area (Å²) in [6.45, 7) is 2.37. The zero-order valence-corrected chi connectivity index (χ0v) is 9.93. The van der Waals surface area contributed by atoms with Crippen LogP contribution < -0.4 is 5.43 Å². The zero-order chi connectivity index (χ0) is 12.7. The van der Waals surface area contributed by atoms with E-state index >= 15 is 0 Å². The van der Waals surface area contributed by atoms with E-state index in [9.17, 15) is 9.59 Å². The van der Waals surface area contributed by atoms with Crippen LogP contribution in [-0.2, 0) is 0 Å². The van der Waals surface area contributed by atoms with Crippen molar-refractivity contribution in [1.82, 2.24) is 10.4 Å². The van der Waals surface area contributed by atoms with Gasteiger partial charge in [-0.15, -0.1) is 0 Å².